The van der Waals surface area contributed by atoms with Gasteiger partial charge in [0.25, 0.3) is 0 Å². The molecule has 13 heteroatoms. The minimum atomic E-state index is -3.84. The Morgan fingerprint density at radius 1 is 0.970 bits per heavy atom. The zero-order valence-electron chi connectivity index (χ0n) is 19.5. The van der Waals surface area contributed by atoms with Crippen molar-refractivity contribution >= 4 is 13.6 Å². The van der Waals surface area contributed by atoms with E-state index in [1.807, 2.05) is 0 Å². The van der Waals surface area contributed by atoms with Crippen LogP contribution in [0.5, 0.6) is 0 Å². The number of aliphatic carboxylic acids is 1. The Morgan fingerprint density at radius 3 is 2.00 bits per heavy atom. The summed E-state index contributed by atoms with van der Waals surface area (Å²) in [5.74, 6) is -3.31. The lowest BCUT2D eigenvalue weighted by Gasteiger charge is -2.47. The Kier molecular flexibility index (Phi) is 10.3. The maximum atomic E-state index is 12.9. The first-order valence-electron chi connectivity index (χ1n) is 11.0. The largest absolute Gasteiger partial charge is 0.481 e. The molecule has 33 heavy (non-hydrogen) atoms. The highest BCUT2D eigenvalue weighted by molar-refractivity contribution is 7.53. The van der Waals surface area contributed by atoms with Crippen molar-refractivity contribution in [2.75, 3.05) is 26.5 Å². The molecule has 12 nitrogen and oxygen atoms in total. The molecule has 5 unspecified atom stereocenters. The third kappa shape index (κ3) is 6.94. The van der Waals surface area contributed by atoms with Crippen LogP contribution < -0.4 is 0 Å². The maximum Gasteiger partial charge on any atom is 0.330 e. The van der Waals surface area contributed by atoms with E-state index in [1.54, 1.807) is 20.8 Å². The summed E-state index contributed by atoms with van der Waals surface area (Å²) in [4.78, 5) is 11.0. The molecule has 0 aliphatic carbocycles. The van der Waals surface area contributed by atoms with Crippen LogP contribution in [0.1, 0.15) is 27.7 Å². The number of aliphatic hydroxyl groups is 4. The molecule has 0 bridgehead atoms. The summed E-state index contributed by atoms with van der Waals surface area (Å²) in [7, 11) is -3.84. The van der Waals surface area contributed by atoms with Crippen molar-refractivity contribution in [2.45, 2.75) is 70.8 Å². The highest BCUT2D eigenvalue weighted by Gasteiger charge is 2.49. The van der Waals surface area contributed by atoms with E-state index in [9.17, 15) is 29.8 Å². The molecular formula is C20H37O12P. The Labute approximate surface area is 193 Å². The van der Waals surface area contributed by atoms with Gasteiger partial charge in [-0.15, -0.1) is 0 Å². The molecular weight excluding hydrogens is 463 g/mol. The normalized spacial score (nSPS) is 42.5. The van der Waals surface area contributed by atoms with Gasteiger partial charge in [0.1, 0.15) is 18.3 Å². The van der Waals surface area contributed by atoms with Crippen LogP contribution in [0, 0.1) is 23.7 Å². The molecule has 2 heterocycles. The van der Waals surface area contributed by atoms with E-state index >= 15 is 0 Å². The van der Waals surface area contributed by atoms with E-state index in [4.69, 9.17) is 28.4 Å². The van der Waals surface area contributed by atoms with Gasteiger partial charge in [-0.3, -0.25) is 13.9 Å². The second-order valence-corrected chi connectivity index (χ2v) is 11.0. The van der Waals surface area contributed by atoms with Crippen molar-refractivity contribution in [1.29, 1.82) is 0 Å². The summed E-state index contributed by atoms with van der Waals surface area (Å²) in [6.45, 7) is 6.45. The summed E-state index contributed by atoms with van der Waals surface area (Å²) in [5, 5.41) is 49.0. The molecule has 0 spiro atoms. The fourth-order valence-corrected chi connectivity index (χ4v) is 4.91. The maximum absolute atomic E-state index is 12.9. The molecule has 0 saturated carbocycles. The summed E-state index contributed by atoms with van der Waals surface area (Å²) in [6.07, 6.45) is -7.24. The van der Waals surface area contributed by atoms with Crippen LogP contribution in [0.15, 0.2) is 0 Å². The van der Waals surface area contributed by atoms with Crippen LogP contribution in [0.3, 0.4) is 0 Å². The number of rotatable bonds is 10. The minimum Gasteiger partial charge on any atom is -0.481 e. The van der Waals surface area contributed by atoms with Gasteiger partial charge in [-0.2, -0.15) is 0 Å². The Balaban J connectivity index is 2.21. The molecule has 194 valence electrons. The van der Waals surface area contributed by atoms with Crippen LogP contribution in [0.25, 0.3) is 0 Å². The highest BCUT2D eigenvalue weighted by Crippen LogP contribution is 2.48. The van der Waals surface area contributed by atoms with Crippen molar-refractivity contribution in [1.82, 2.24) is 0 Å². The first-order chi connectivity index (χ1) is 15.3. The van der Waals surface area contributed by atoms with Crippen molar-refractivity contribution in [3.8, 4) is 0 Å². The topological polar surface area (TPSA) is 181 Å². The summed E-state index contributed by atoms with van der Waals surface area (Å²) in [6, 6.07) is 0. The van der Waals surface area contributed by atoms with Crippen LogP contribution in [-0.2, 0) is 32.6 Å². The number of carbonyl (C=O) groups is 1. The average Bonchev–Trinajstić information content (AvgIpc) is 2.76. The third-order valence-electron chi connectivity index (χ3n) is 6.43. The molecule has 0 aromatic carbocycles. The Morgan fingerprint density at radius 2 is 1.48 bits per heavy atom. The Bertz CT molecular complexity index is 690. The lowest BCUT2D eigenvalue weighted by atomic mass is 9.84. The van der Waals surface area contributed by atoms with E-state index < -0.39 is 81.7 Å². The van der Waals surface area contributed by atoms with Crippen LogP contribution in [0.4, 0.5) is 0 Å². The van der Waals surface area contributed by atoms with E-state index in [0.29, 0.717) is 0 Å². The van der Waals surface area contributed by atoms with E-state index in [0.717, 1.165) is 6.66 Å². The van der Waals surface area contributed by atoms with Crippen LogP contribution >= 0.6 is 7.60 Å². The van der Waals surface area contributed by atoms with Gasteiger partial charge in [-0.25, -0.2) is 0 Å². The van der Waals surface area contributed by atoms with Crippen molar-refractivity contribution in [3.05, 3.63) is 0 Å². The van der Waals surface area contributed by atoms with Crippen LogP contribution in [0.2, 0.25) is 0 Å². The highest BCUT2D eigenvalue weighted by atomic mass is 31.2. The van der Waals surface area contributed by atoms with Gasteiger partial charge in [0.2, 0.25) is 0 Å². The van der Waals surface area contributed by atoms with E-state index in [-0.39, 0.29) is 18.4 Å². The molecule has 5 N–H and O–H groups in total. The smallest absolute Gasteiger partial charge is 0.330 e. The van der Waals surface area contributed by atoms with Crippen molar-refractivity contribution < 1.29 is 58.2 Å². The quantitative estimate of drug-likeness (QED) is 0.254. The predicted molar refractivity (Wildman–Crippen MR) is 113 cm³/mol. The second-order valence-electron chi connectivity index (χ2n) is 9.02. The van der Waals surface area contributed by atoms with Gasteiger partial charge < -0.3 is 44.3 Å². The summed E-state index contributed by atoms with van der Waals surface area (Å²) < 4.78 is 41.1. The molecule has 2 aliphatic rings. The molecule has 0 radical (unpaired) electrons. The van der Waals surface area contributed by atoms with Gasteiger partial charge in [-0.1, -0.05) is 20.8 Å². The summed E-state index contributed by atoms with van der Waals surface area (Å²) >= 11 is 0. The molecule has 2 fully saturated rings. The molecule has 2 saturated heterocycles. The molecule has 2 rings (SSSR count). The van der Waals surface area contributed by atoms with Gasteiger partial charge in [0, 0.05) is 18.5 Å². The minimum absolute atomic E-state index is 0.284. The van der Waals surface area contributed by atoms with Crippen LogP contribution in [-0.4, -0.2) is 101 Å². The first kappa shape index (κ1) is 28.6. The number of hydrogen-bond acceptors (Lipinski definition) is 11. The molecule has 12 atom stereocenters. The van der Waals surface area contributed by atoms with Gasteiger partial charge >= 0.3 is 13.6 Å². The SMILES string of the molecule is CC1[C@H](O[C@@H]2C(C)C(O)[C@@H](CO)O[C@H]2OP(C)(=O)OC[C@H](C)C(=O)O)OC(CO)[C@@H](O)[C@@H]1C. The third-order valence-corrected chi connectivity index (χ3v) is 7.64. The predicted octanol–water partition coefficient (Wildman–Crippen LogP) is 0.0129. The monoisotopic (exact) mass is 500 g/mol. The van der Waals surface area contributed by atoms with Crippen molar-refractivity contribution in [2.24, 2.45) is 23.7 Å². The Hall–Kier alpha value is -0.660. The molecule has 0 aromatic rings. The van der Waals surface area contributed by atoms with Gasteiger partial charge in [0.05, 0.1) is 37.9 Å². The van der Waals surface area contributed by atoms with E-state index in [1.165, 1.54) is 6.92 Å². The molecule has 0 aromatic heterocycles. The van der Waals surface area contributed by atoms with Crippen molar-refractivity contribution in [3.63, 3.8) is 0 Å². The average molecular weight is 500 g/mol. The number of carboxylic acid groups (broad SMARTS) is 1. The number of hydrogen-bond donors (Lipinski definition) is 5. The second kappa shape index (κ2) is 11.9. The molecule has 2 aliphatic heterocycles. The summed E-state index contributed by atoms with van der Waals surface area (Å²) in [5.41, 5.74) is 0. The fourth-order valence-electron chi connectivity index (χ4n) is 3.81. The van der Waals surface area contributed by atoms with E-state index in [2.05, 4.69) is 0 Å². The fraction of sp³-hybridized carbons (Fsp3) is 0.950. The number of ether oxygens (including phenoxy) is 3. The number of carboxylic acids is 1. The lowest BCUT2D eigenvalue weighted by molar-refractivity contribution is -0.338. The lowest BCUT2D eigenvalue weighted by Crippen LogP contribution is -2.59. The standard InChI is InChI=1S/C20H37O12P/c1-9(18(25)26)8-28-33(5,27)32-20-17(12(4)16(24)14(7-22)30-20)31-19-11(3)10(2)15(23)13(6-21)29-19/h9-17,19-24H,6-8H2,1-5H3,(H,25,26)/t9-,10+,11?,12?,13?,14+,15-,16?,17+,19-,20-,33?/m0/s1. The first-order valence-corrected chi connectivity index (χ1v) is 13.0. The zero-order valence-corrected chi connectivity index (χ0v) is 20.4. The molecule has 0 amide bonds. The number of aliphatic hydroxyl groups excluding tert-OH is 4. The zero-order chi connectivity index (χ0) is 25.1. The van der Waals surface area contributed by atoms with Gasteiger partial charge in [-0.05, 0) is 12.8 Å². The van der Waals surface area contributed by atoms with Gasteiger partial charge in [0.15, 0.2) is 12.6 Å².